The van der Waals surface area contributed by atoms with E-state index >= 15 is 0 Å². The molecule has 1 fully saturated rings. The Morgan fingerprint density at radius 2 is 1.67 bits per heavy atom. The van der Waals surface area contributed by atoms with E-state index in [1.807, 2.05) is 36.7 Å². The lowest BCUT2D eigenvalue weighted by atomic mass is 9.90. The normalized spacial score (nSPS) is 14.1. The zero-order valence-corrected chi connectivity index (χ0v) is 15.9. The van der Waals surface area contributed by atoms with Crippen molar-refractivity contribution < 1.29 is 9.47 Å². The quantitative estimate of drug-likeness (QED) is 0.539. The van der Waals surface area contributed by atoms with E-state index in [1.54, 1.807) is 0 Å². The number of ether oxygens (including phenoxy) is 2. The molecule has 0 radical (unpaired) electrons. The second kappa shape index (κ2) is 7.53. The molecular weight excluding hydrogens is 334 g/mol. The summed E-state index contributed by atoms with van der Waals surface area (Å²) in [6.45, 7) is 4.75. The molecule has 0 unspecified atom stereocenters. The van der Waals surface area contributed by atoms with Crippen molar-refractivity contribution in [3.05, 3.63) is 84.2 Å². The minimum absolute atomic E-state index is 0.360. The van der Waals surface area contributed by atoms with Gasteiger partial charge in [0.1, 0.15) is 5.75 Å². The molecular formula is C24H25NO2. The van der Waals surface area contributed by atoms with Crippen molar-refractivity contribution in [2.45, 2.75) is 45.0 Å². The molecule has 0 bridgehead atoms. The molecule has 0 spiro atoms. The van der Waals surface area contributed by atoms with Gasteiger partial charge in [-0.1, -0.05) is 48.5 Å². The lowest BCUT2D eigenvalue weighted by Gasteiger charge is -2.28. The van der Waals surface area contributed by atoms with E-state index in [0.29, 0.717) is 12.7 Å². The predicted octanol–water partition coefficient (Wildman–Crippen LogP) is 5.74. The van der Waals surface area contributed by atoms with Crippen molar-refractivity contribution in [2.75, 3.05) is 0 Å². The van der Waals surface area contributed by atoms with Gasteiger partial charge in [0.05, 0.1) is 18.3 Å². The topological polar surface area (TPSA) is 31.4 Å². The zero-order chi connectivity index (χ0) is 18.7. The van der Waals surface area contributed by atoms with Crippen LogP contribution in [0.25, 0.3) is 11.1 Å². The Kier molecular flexibility index (Phi) is 4.95. The summed E-state index contributed by atoms with van der Waals surface area (Å²) in [6.07, 6.45) is 6.39. The summed E-state index contributed by atoms with van der Waals surface area (Å²) >= 11 is 0. The molecule has 4 rings (SSSR count). The number of pyridine rings is 1. The van der Waals surface area contributed by atoms with E-state index < -0.39 is 5.60 Å². The van der Waals surface area contributed by atoms with Crippen LogP contribution in [0.15, 0.2) is 73.1 Å². The van der Waals surface area contributed by atoms with E-state index in [2.05, 4.69) is 55.2 Å². The number of para-hydroxylation sites is 1. The summed E-state index contributed by atoms with van der Waals surface area (Å²) in [5, 5.41) is 0. The van der Waals surface area contributed by atoms with Crippen LogP contribution in [0.2, 0.25) is 0 Å². The standard InChI is InChI=1S/C24H25NO2/c1-24(2,26-17-18-8-4-3-5-9-18)22-16-25-15-14-20(22)21-10-6-7-11-23(21)27-19-12-13-19/h3-11,14-16,19H,12-13,17H2,1-2H3. The molecule has 3 aromatic rings. The monoisotopic (exact) mass is 359 g/mol. The maximum atomic E-state index is 6.32. The van der Waals surface area contributed by atoms with E-state index in [0.717, 1.165) is 40.8 Å². The van der Waals surface area contributed by atoms with Crippen LogP contribution in [0.5, 0.6) is 5.75 Å². The van der Waals surface area contributed by atoms with Gasteiger partial charge in [-0.3, -0.25) is 4.98 Å². The van der Waals surface area contributed by atoms with Gasteiger partial charge < -0.3 is 9.47 Å². The molecule has 0 atom stereocenters. The highest BCUT2D eigenvalue weighted by molar-refractivity contribution is 5.73. The van der Waals surface area contributed by atoms with Crippen LogP contribution in [-0.4, -0.2) is 11.1 Å². The molecule has 138 valence electrons. The fourth-order valence-corrected chi connectivity index (χ4v) is 3.18. The molecule has 0 aliphatic heterocycles. The zero-order valence-electron chi connectivity index (χ0n) is 15.9. The average molecular weight is 359 g/mol. The first-order valence-corrected chi connectivity index (χ1v) is 9.52. The summed E-state index contributed by atoms with van der Waals surface area (Å²) in [4.78, 5) is 4.37. The Bertz CT molecular complexity index is 901. The molecule has 27 heavy (non-hydrogen) atoms. The summed E-state index contributed by atoms with van der Waals surface area (Å²) in [6, 6.07) is 20.6. The second-order valence-corrected chi connectivity index (χ2v) is 7.52. The van der Waals surface area contributed by atoms with E-state index in [4.69, 9.17) is 9.47 Å². The van der Waals surface area contributed by atoms with Gasteiger partial charge in [0.15, 0.2) is 0 Å². The molecule has 0 saturated heterocycles. The highest BCUT2D eigenvalue weighted by Gasteiger charge is 2.28. The average Bonchev–Trinajstić information content (AvgIpc) is 3.52. The second-order valence-electron chi connectivity index (χ2n) is 7.52. The van der Waals surface area contributed by atoms with Crippen LogP contribution < -0.4 is 4.74 Å². The number of aromatic nitrogens is 1. The molecule has 3 heteroatoms. The van der Waals surface area contributed by atoms with Crippen molar-refractivity contribution >= 4 is 0 Å². The van der Waals surface area contributed by atoms with Crippen LogP contribution in [0.3, 0.4) is 0 Å². The van der Waals surface area contributed by atoms with Crippen molar-refractivity contribution in [3.8, 4) is 16.9 Å². The Morgan fingerprint density at radius 3 is 2.44 bits per heavy atom. The van der Waals surface area contributed by atoms with Crippen molar-refractivity contribution in [1.82, 2.24) is 4.98 Å². The van der Waals surface area contributed by atoms with Gasteiger partial charge >= 0.3 is 0 Å². The third kappa shape index (κ3) is 4.20. The van der Waals surface area contributed by atoms with Gasteiger partial charge in [0.2, 0.25) is 0 Å². The van der Waals surface area contributed by atoms with Gasteiger partial charge in [-0.15, -0.1) is 0 Å². The van der Waals surface area contributed by atoms with Crippen LogP contribution in [0.4, 0.5) is 0 Å². The Hall–Kier alpha value is -2.65. The van der Waals surface area contributed by atoms with Gasteiger partial charge in [-0.2, -0.15) is 0 Å². The highest BCUT2D eigenvalue weighted by atomic mass is 16.5. The first-order chi connectivity index (χ1) is 13.1. The Labute approximate surface area is 161 Å². The molecule has 1 heterocycles. The van der Waals surface area contributed by atoms with Crippen LogP contribution in [0.1, 0.15) is 37.8 Å². The molecule has 2 aromatic carbocycles. The third-order valence-corrected chi connectivity index (χ3v) is 4.91. The molecule has 1 aromatic heterocycles. The Morgan fingerprint density at radius 1 is 0.926 bits per heavy atom. The SMILES string of the molecule is CC(C)(OCc1ccccc1)c1cnccc1-c1ccccc1OC1CC1. The van der Waals surface area contributed by atoms with E-state index in [9.17, 15) is 0 Å². The lowest BCUT2D eigenvalue weighted by molar-refractivity contribution is -0.0335. The number of hydrogen-bond acceptors (Lipinski definition) is 3. The minimum atomic E-state index is -0.480. The summed E-state index contributed by atoms with van der Waals surface area (Å²) in [5.41, 5.74) is 3.95. The van der Waals surface area contributed by atoms with E-state index in [1.165, 1.54) is 0 Å². The molecule has 1 aliphatic carbocycles. The van der Waals surface area contributed by atoms with Gasteiger partial charge in [-0.05, 0) is 49.9 Å². The maximum absolute atomic E-state index is 6.32. The van der Waals surface area contributed by atoms with Gasteiger partial charge in [-0.25, -0.2) is 0 Å². The van der Waals surface area contributed by atoms with Crippen LogP contribution >= 0.6 is 0 Å². The molecule has 0 amide bonds. The highest BCUT2D eigenvalue weighted by Crippen LogP contribution is 2.40. The summed E-state index contributed by atoms with van der Waals surface area (Å²) in [5.74, 6) is 0.936. The molecule has 1 saturated carbocycles. The van der Waals surface area contributed by atoms with Gasteiger partial charge in [0, 0.05) is 23.5 Å². The van der Waals surface area contributed by atoms with Crippen LogP contribution in [-0.2, 0) is 16.9 Å². The third-order valence-electron chi connectivity index (χ3n) is 4.91. The fourth-order valence-electron chi connectivity index (χ4n) is 3.18. The maximum Gasteiger partial charge on any atom is 0.127 e. The van der Waals surface area contributed by atoms with Gasteiger partial charge in [0.25, 0.3) is 0 Å². The largest absolute Gasteiger partial charge is 0.490 e. The lowest BCUT2D eigenvalue weighted by Crippen LogP contribution is -2.23. The van der Waals surface area contributed by atoms with Crippen LogP contribution in [0, 0.1) is 0 Å². The molecule has 3 nitrogen and oxygen atoms in total. The summed E-state index contributed by atoms with van der Waals surface area (Å²) < 4.78 is 12.5. The summed E-state index contributed by atoms with van der Waals surface area (Å²) in [7, 11) is 0. The minimum Gasteiger partial charge on any atom is -0.490 e. The molecule has 1 aliphatic rings. The Balaban J connectivity index is 1.64. The first kappa shape index (κ1) is 17.7. The van der Waals surface area contributed by atoms with E-state index in [-0.39, 0.29) is 0 Å². The fraction of sp³-hybridized carbons (Fsp3) is 0.292. The number of benzene rings is 2. The van der Waals surface area contributed by atoms with Crippen molar-refractivity contribution in [2.24, 2.45) is 0 Å². The van der Waals surface area contributed by atoms with Crippen molar-refractivity contribution in [1.29, 1.82) is 0 Å². The predicted molar refractivity (Wildman–Crippen MR) is 108 cm³/mol. The number of rotatable bonds is 7. The number of nitrogens with zero attached hydrogens (tertiary/aromatic N) is 1. The smallest absolute Gasteiger partial charge is 0.127 e. The first-order valence-electron chi connectivity index (χ1n) is 9.52. The molecule has 0 N–H and O–H groups in total. The number of hydrogen-bond donors (Lipinski definition) is 0. The van der Waals surface area contributed by atoms with Crippen molar-refractivity contribution in [3.63, 3.8) is 0 Å².